The number of nitrogens with zero attached hydrogens (tertiary/aromatic N) is 2. The van der Waals surface area contributed by atoms with Crippen LogP contribution in [0.2, 0.25) is 5.02 Å². The second-order valence-electron chi connectivity index (χ2n) is 9.67. The summed E-state index contributed by atoms with van der Waals surface area (Å²) in [4.78, 5) is 17.5. The molecule has 0 spiro atoms. The van der Waals surface area contributed by atoms with Crippen LogP contribution in [0.3, 0.4) is 0 Å². The minimum atomic E-state index is -4.37. The summed E-state index contributed by atoms with van der Waals surface area (Å²) in [6, 6.07) is 26.1. The van der Waals surface area contributed by atoms with Crippen molar-refractivity contribution in [3.63, 3.8) is 0 Å². The van der Waals surface area contributed by atoms with E-state index in [4.69, 9.17) is 16.3 Å². The van der Waals surface area contributed by atoms with Gasteiger partial charge in [0.1, 0.15) is 0 Å². The highest BCUT2D eigenvalue weighted by atomic mass is 35.5. The predicted molar refractivity (Wildman–Crippen MR) is 147 cm³/mol. The van der Waals surface area contributed by atoms with Gasteiger partial charge < -0.3 is 9.64 Å². The van der Waals surface area contributed by atoms with Crippen LogP contribution in [0, 0.1) is 0 Å². The van der Waals surface area contributed by atoms with Crippen LogP contribution in [0.5, 0.6) is 0 Å². The molecule has 0 aromatic heterocycles. The zero-order valence-electron chi connectivity index (χ0n) is 21.2. The third-order valence-corrected chi connectivity index (χ3v) is 7.33. The Balaban J connectivity index is 1.23. The molecular weight excluding hydrogens is 525 g/mol. The summed E-state index contributed by atoms with van der Waals surface area (Å²) < 4.78 is 45.0. The Morgan fingerprint density at radius 1 is 0.846 bits per heavy atom. The fourth-order valence-corrected chi connectivity index (χ4v) is 4.99. The van der Waals surface area contributed by atoms with E-state index in [2.05, 4.69) is 4.90 Å². The first kappa shape index (κ1) is 27.2. The van der Waals surface area contributed by atoms with Crippen molar-refractivity contribution in [2.24, 2.45) is 0 Å². The fraction of sp³-hybridized carbons (Fsp3) is 0.258. The molecule has 0 saturated carbocycles. The second-order valence-corrected chi connectivity index (χ2v) is 10.1. The first-order valence-corrected chi connectivity index (χ1v) is 13.2. The smallest absolute Gasteiger partial charge is 0.368 e. The molecule has 0 bridgehead atoms. The van der Waals surface area contributed by atoms with Gasteiger partial charge in [-0.05, 0) is 52.2 Å². The number of benzene rings is 4. The Morgan fingerprint density at radius 3 is 2.21 bits per heavy atom. The second kappa shape index (κ2) is 11.8. The summed E-state index contributed by atoms with van der Waals surface area (Å²) in [5.74, 6) is 0.0271. The van der Waals surface area contributed by atoms with E-state index >= 15 is 0 Å². The molecule has 4 aromatic rings. The van der Waals surface area contributed by atoms with Gasteiger partial charge in [-0.1, -0.05) is 72.3 Å². The van der Waals surface area contributed by atoms with Gasteiger partial charge in [0.15, 0.2) is 0 Å². The van der Waals surface area contributed by atoms with Crippen LogP contribution in [-0.2, 0) is 17.5 Å². The van der Waals surface area contributed by atoms with Gasteiger partial charge in [0, 0.05) is 43.3 Å². The molecule has 8 heteroatoms. The Hall–Kier alpha value is -3.39. The molecule has 0 unspecified atom stereocenters. The largest absolute Gasteiger partial charge is 0.416 e. The number of carbonyl (C=O) groups excluding carboxylic acids is 1. The summed E-state index contributed by atoms with van der Waals surface area (Å²) in [6.45, 7) is 3.31. The first-order chi connectivity index (χ1) is 18.8. The van der Waals surface area contributed by atoms with Crippen LogP contribution in [0.25, 0.3) is 10.8 Å². The number of halogens is 4. The molecule has 4 nitrogen and oxygen atoms in total. The number of ether oxygens (including phenoxy) is 1. The normalized spacial score (nSPS) is 15.4. The summed E-state index contributed by atoms with van der Waals surface area (Å²) in [6.07, 6.45) is -4.69. The molecule has 39 heavy (non-hydrogen) atoms. The highest BCUT2D eigenvalue weighted by molar-refractivity contribution is 6.30. The Kier molecular flexibility index (Phi) is 8.21. The lowest BCUT2D eigenvalue weighted by molar-refractivity contribution is -0.137. The monoisotopic (exact) mass is 552 g/mol. The minimum Gasteiger partial charge on any atom is -0.368 e. The molecular formula is C31H28ClF3N2O2. The number of fused-ring (bicyclic) bond motifs is 1. The van der Waals surface area contributed by atoms with Crippen molar-refractivity contribution in [3.05, 3.63) is 118 Å². The van der Waals surface area contributed by atoms with Crippen LogP contribution in [0.4, 0.5) is 13.2 Å². The number of carbonyl (C=O) groups is 1. The fourth-order valence-electron chi connectivity index (χ4n) is 4.87. The van der Waals surface area contributed by atoms with Crippen molar-refractivity contribution in [1.29, 1.82) is 0 Å². The Labute approximate surface area is 230 Å². The first-order valence-electron chi connectivity index (χ1n) is 12.8. The lowest BCUT2D eigenvalue weighted by Gasteiger charge is -2.36. The van der Waals surface area contributed by atoms with Crippen LogP contribution >= 0.6 is 11.6 Å². The van der Waals surface area contributed by atoms with Crippen molar-refractivity contribution >= 4 is 28.3 Å². The maximum Gasteiger partial charge on any atom is 0.416 e. The third-order valence-electron chi connectivity index (χ3n) is 7.08. The molecule has 1 heterocycles. The zero-order valence-corrected chi connectivity index (χ0v) is 22.0. The van der Waals surface area contributed by atoms with Crippen molar-refractivity contribution < 1.29 is 22.7 Å². The van der Waals surface area contributed by atoms with Crippen LogP contribution < -0.4 is 0 Å². The topological polar surface area (TPSA) is 32.8 Å². The number of hydrogen-bond donors (Lipinski definition) is 0. The number of rotatable bonds is 7. The van der Waals surface area contributed by atoms with Crippen molar-refractivity contribution in [2.45, 2.75) is 18.9 Å². The van der Waals surface area contributed by atoms with Crippen LogP contribution in [-0.4, -0.2) is 48.4 Å². The zero-order chi connectivity index (χ0) is 27.4. The van der Waals surface area contributed by atoms with E-state index in [9.17, 15) is 18.0 Å². The Bertz CT molecular complexity index is 1410. The third kappa shape index (κ3) is 6.61. The van der Waals surface area contributed by atoms with Gasteiger partial charge in [0.05, 0.1) is 18.3 Å². The molecule has 0 radical (unpaired) electrons. The molecule has 1 saturated heterocycles. The quantitative estimate of drug-likeness (QED) is 0.242. The molecule has 202 valence electrons. The lowest BCUT2D eigenvalue weighted by Crippen LogP contribution is -2.49. The molecule has 1 amide bonds. The van der Waals surface area contributed by atoms with E-state index in [0.29, 0.717) is 48.9 Å². The van der Waals surface area contributed by atoms with E-state index in [1.54, 1.807) is 12.1 Å². The van der Waals surface area contributed by atoms with E-state index in [1.807, 2.05) is 59.5 Å². The van der Waals surface area contributed by atoms with Crippen molar-refractivity contribution in [1.82, 2.24) is 9.80 Å². The molecule has 0 N–H and O–H groups in total. The van der Waals surface area contributed by atoms with Gasteiger partial charge in [-0.25, -0.2) is 0 Å². The number of alkyl halides is 3. The molecule has 1 aliphatic rings. The van der Waals surface area contributed by atoms with Gasteiger partial charge in [0.25, 0.3) is 5.91 Å². The van der Waals surface area contributed by atoms with E-state index < -0.39 is 11.7 Å². The molecule has 0 aliphatic carbocycles. The van der Waals surface area contributed by atoms with E-state index in [0.717, 1.165) is 28.5 Å². The van der Waals surface area contributed by atoms with Crippen molar-refractivity contribution in [2.75, 3.05) is 32.7 Å². The van der Waals surface area contributed by atoms with Gasteiger partial charge in [-0.3, -0.25) is 9.69 Å². The van der Waals surface area contributed by atoms with Crippen LogP contribution in [0.1, 0.15) is 33.2 Å². The maximum atomic E-state index is 13.3. The summed E-state index contributed by atoms with van der Waals surface area (Å²) in [5.41, 5.74) is 1.62. The Morgan fingerprint density at radius 2 is 1.51 bits per heavy atom. The van der Waals surface area contributed by atoms with E-state index in [1.165, 1.54) is 12.1 Å². The standard InChI is InChI=1S/C31H28ClF3N2O2/c32-26-14-10-24(11-15-26)29(39-21-22-8-12-25(13-9-22)31(33,34)35)20-36-16-18-37(19-17-36)30(38)28-7-3-5-23-4-1-2-6-27(23)28/h1-15,29H,16-21H2/t29-/m1/s1. The van der Waals surface area contributed by atoms with Gasteiger partial charge >= 0.3 is 6.18 Å². The number of hydrogen-bond acceptors (Lipinski definition) is 3. The number of piperazine rings is 1. The molecule has 1 aliphatic heterocycles. The average Bonchev–Trinajstić information content (AvgIpc) is 2.95. The minimum absolute atomic E-state index is 0.0271. The highest BCUT2D eigenvalue weighted by Crippen LogP contribution is 2.30. The van der Waals surface area contributed by atoms with Gasteiger partial charge in [0.2, 0.25) is 0 Å². The van der Waals surface area contributed by atoms with E-state index in [-0.39, 0.29) is 18.6 Å². The van der Waals surface area contributed by atoms with Crippen molar-refractivity contribution in [3.8, 4) is 0 Å². The molecule has 4 aromatic carbocycles. The van der Waals surface area contributed by atoms with Gasteiger partial charge in [-0.2, -0.15) is 13.2 Å². The van der Waals surface area contributed by atoms with Gasteiger partial charge in [-0.15, -0.1) is 0 Å². The summed E-state index contributed by atoms with van der Waals surface area (Å²) >= 11 is 6.08. The molecule has 1 fully saturated rings. The number of amides is 1. The molecule has 1 atom stereocenters. The molecule has 5 rings (SSSR count). The predicted octanol–water partition coefficient (Wildman–Crippen LogP) is 7.23. The maximum absolute atomic E-state index is 13.3. The average molecular weight is 553 g/mol. The van der Waals surface area contributed by atoms with Crippen LogP contribution in [0.15, 0.2) is 91.0 Å². The SMILES string of the molecule is O=C(c1cccc2ccccc12)N1CCN(C[C@@H](OCc2ccc(C(F)(F)F)cc2)c2ccc(Cl)cc2)CC1. The highest BCUT2D eigenvalue weighted by Gasteiger charge is 2.30. The lowest BCUT2D eigenvalue weighted by atomic mass is 10.0. The summed E-state index contributed by atoms with van der Waals surface area (Å²) in [5, 5.41) is 2.60. The summed E-state index contributed by atoms with van der Waals surface area (Å²) in [7, 11) is 0.